The highest BCUT2D eigenvalue weighted by Crippen LogP contribution is 2.63. The van der Waals surface area contributed by atoms with Crippen LogP contribution in [0, 0.1) is 56.2 Å². The molecule has 27 heavy (non-hydrogen) atoms. The fraction of sp³-hybridized carbons (Fsp3) is 0.524. The Morgan fingerprint density at radius 3 is 2.33 bits per heavy atom. The van der Waals surface area contributed by atoms with Gasteiger partial charge in [0.2, 0.25) is 11.7 Å². The molecule has 2 heterocycles. The molecule has 3 rings (SSSR count). The highest BCUT2D eigenvalue weighted by Gasteiger charge is 2.78. The summed E-state index contributed by atoms with van der Waals surface area (Å²) in [5, 5.41) is 38.8. The number of hydrogen-bond donors (Lipinski definition) is 1. The maximum absolute atomic E-state index is 10.2. The largest absolute Gasteiger partial charge is 0.448 e. The number of unbranched alkanes of at least 4 members (excludes halogenated alkanes) is 1. The molecule has 138 valence electrons. The molecule has 2 aliphatic rings. The van der Waals surface area contributed by atoms with Gasteiger partial charge in [0.05, 0.1) is 30.2 Å². The topological polar surface area (TPSA) is 114 Å². The molecule has 1 aromatic rings. The van der Waals surface area contributed by atoms with Crippen molar-refractivity contribution in [1.82, 2.24) is 0 Å². The smallest absolute Gasteiger partial charge is 0.214 e. The lowest BCUT2D eigenvalue weighted by molar-refractivity contribution is -0.270. The lowest BCUT2D eigenvalue weighted by Gasteiger charge is -2.48. The van der Waals surface area contributed by atoms with E-state index >= 15 is 0 Å². The fourth-order valence-electron chi connectivity index (χ4n) is 4.51. The molecule has 1 N–H and O–H groups in total. The molecule has 0 aromatic heterocycles. The van der Waals surface area contributed by atoms with Crippen molar-refractivity contribution in [3.8, 4) is 18.2 Å². The molecule has 4 unspecified atom stereocenters. The third-order valence-corrected chi connectivity index (χ3v) is 5.93. The van der Waals surface area contributed by atoms with E-state index in [0.29, 0.717) is 12.8 Å². The van der Waals surface area contributed by atoms with Crippen molar-refractivity contribution in [3.05, 3.63) is 35.9 Å². The van der Waals surface area contributed by atoms with E-state index in [2.05, 4.69) is 18.2 Å². The first kappa shape index (κ1) is 18.9. The van der Waals surface area contributed by atoms with Crippen LogP contribution >= 0.6 is 0 Å². The van der Waals surface area contributed by atoms with Gasteiger partial charge in [-0.2, -0.15) is 15.8 Å². The zero-order valence-electron chi connectivity index (χ0n) is 15.5. The van der Waals surface area contributed by atoms with Crippen molar-refractivity contribution in [2.75, 3.05) is 0 Å². The van der Waals surface area contributed by atoms with E-state index in [1.54, 1.807) is 6.92 Å². The summed E-state index contributed by atoms with van der Waals surface area (Å²) < 4.78 is 11.9. The number of benzene rings is 1. The molecule has 0 aliphatic carbocycles. The van der Waals surface area contributed by atoms with Crippen LogP contribution in [0.3, 0.4) is 0 Å². The molecule has 2 fully saturated rings. The van der Waals surface area contributed by atoms with E-state index in [-0.39, 0.29) is 5.90 Å². The van der Waals surface area contributed by atoms with E-state index < -0.39 is 28.6 Å². The summed E-state index contributed by atoms with van der Waals surface area (Å²) in [7, 11) is 0. The second-order valence-electron chi connectivity index (χ2n) is 7.39. The normalized spacial score (nSPS) is 33.4. The van der Waals surface area contributed by atoms with Gasteiger partial charge in [0.1, 0.15) is 0 Å². The number of nitriles is 3. The summed E-state index contributed by atoms with van der Waals surface area (Å²) in [6.45, 7) is 3.72. The number of hydrogen-bond acceptors (Lipinski definition) is 6. The molecule has 4 atom stereocenters. The predicted octanol–water partition coefficient (Wildman–Crippen LogP) is 3.70. The van der Waals surface area contributed by atoms with Crippen molar-refractivity contribution in [3.63, 3.8) is 0 Å². The second-order valence-corrected chi connectivity index (χ2v) is 7.39. The van der Waals surface area contributed by atoms with E-state index in [1.165, 1.54) is 0 Å². The Kier molecular flexibility index (Phi) is 4.68. The van der Waals surface area contributed by atoms with Crippen molar-refractivity contribution >= 4 is 5.90 Å². The van der Waals surface area contributed by atoms with Crippen LogP contribution in [0.15, 0.2) is 30.3 Å². The van der Waals surface area contributed by atoms with Gasteiger partial charge in [-0.05, 0) is 18.4 Å². The SMILES string of the molecule is CCCCC1OC2(C)OC(=N)C(C#N)(C2Cc2ccccc2)C1(C#N)C#N. The average Bonchev–Trinajstić information content (AvgIpc) is 2.84. The number of nitrogens with one attached hydrogen (secondary N) is 1. The number of ether oxygens (including phenoxy) is 2. The Labute approximate surface area is 159 Å². The number of nitrogens with zero attached hydrogens (tertiary/aromatic N) is 3. The Morgan fingerprint density at radius 1 is 1.11 bits per heavy atom. The summed E-state index contributed by atoms with van der Waals surface area (Å²) in [6, 6.07) is 15.8. The van der Waals surface area contributed by atoms with Crippen molar-refractivity contribution in [1.29, 1.82) is 21.2 Å². The van der Waals surface area contributed by atoms with Crippen LogP contribution < -0.4 is 0 Å². The van der Waals surface area contributed by atoms with Crippen LogP contribution in [0.2, 0.25) is 0 Å². The van der Waals surface area contributed by atoms with E-state index in [0.717, 1.165) is 18.4 Å². The molecular formula is C21H22N4O2. The summed E-state index contributed by atoms with van der Waals surface area (Å²) >= 11 is 0. The zero-order valence-corrected chi connectivity index (χ0v) is 15.5. The molecule has 0 saturated carbocycles. The molecule has 6 heteroatoms. The molecule has 1 aromatic carbocycles. The highest BCUT2D eigenvalue weighted by atomic mass is 16.7. The first-order valence-corrected chi connectivity index (χ1v) is 9.17. The lowest BCUT2D eigenvalue weighted by atomic mass is 9.53. The second kappa shape index (κ2) is 6.69. The minimum absolute atomic E-state index is 0.337. The minimum atomic E-state index is -1.79. The van der Waals surface area contributed by atoms with E-state index in [4.69, 9.17) is 14.9 Å². The average molecular weight is 362 g/mol. The summed E-state index contributed by atoms with van der Waals surface area (Å²) in [5.74, 6) is -2.20. The van der Waals surface area contributed by atoms with Crippen LogP contribution in [0.5, 0.6) is 0 Å². The molecule has 6 nitrogen and oxygen atoms in total. The quantitative estimate of drug-likeness (QED) is 0.858. The van der Waals surface area contributed by atoms with E-state index in [1.807, 2.05) is 37.3 Å². The van der Waals surface area contributed by atoms with Crippen LogP contribution in [-0.2, 0) is 15.9 Å². The first-order chi connectivity index (χ1) is 12.9. The third-order valence-electron chi connectivity index (χ3n) is 5.93. The van der Waals surface area contributed by atoms with Gasteiger partial charge in [0.25, 0.3) is 0 Å². The first-order valence-electron chi connectivity index (χ1n) is 9.17. The molecule has 0 amide bonds. The molecule has 0 radical (unpaired) electrons. The molecule has 2 saturated heterocycles. The monoisotopic (exact) mass is 362 g/mol. The zero-order chi connectivity index (χ0) is 19.7. The van der Waals surface area contributed by atoms with E-state index in [9.17, 15) is 15.8 Å². The maximum Gasteiger partial charge on any atom is 0.214 e. The van der Waals surface area contributed by atoms with Gasteiger partial charge in [-0.25, -0.2) is 0 Å². The van der Waals surface area contributed by atoms with Crippen LogP contribution in [-0.4, -0.2) is 17.8 Å². The van der Waals surface area contributed by atoms with Crippen molar-refractivity contribution in [2.45, 2.75) is 51.4 Å². The maximum atomic E-state index is 10.2. The van der Waals surface area contributed by atoms with Gasteiger partial charge < -0.3 is 9.47 Å². The lowest BCUT2D eigenvalue weighted by Crippen LogP contribution is -2.62. The number of fused-ring (bicyclic) bond motifs is 2. The van der Waals surface area contributed by atoms with Gasteiger partial charge in [-0.15, -0.1) is 0 Å². The molecule has 2 bridgehead atoms. The minimum Gasteiger partial charge on any atom is -0.448 e. The molecule has 0 spiro atoms. The van der Waals surface area contributed by atoms with Crippen molar-refractivity contribution < 1.29 is 9.47 Å². The van der Waals surface area contributed by atoms with Gasteiger partial charge in [0, 0.05) is 6.92 Å². The van der Waals surface area contributed by atoms with Crippen molar-refractivity contribution in [2.24, 2.45) is 16.7 Å². The van der Waals surface area contributed by atoms with Crippen LogP contribution in [0.1, 0.15) is 38.7 Å². The van der Waals surface area contributed by atoms with Gasteiger partial charge in [-0.3, -0.25) is 5.41 Å². The highest BCUT2D eigenvalue weighted by molar-refractivity contribution is 5.89. The number of rotatable bonds is 5. The van der Waals surface area contributed by atoms with Crippen LogP contribution in [0.25, 0.3) is 0 Å². The van der Waals surface area contributed by atoms with Gasteiger partial charge in [-0.1, -0.05) is 50.1 Å². The third kappa shape index (κ3) is 2.43. The standard InChI is InChI=1S/C21H22N4O2/c1-3-4-10-17-20(12-22,13-23)21(14-24)16(11-15-8-6-5-7-9-15)19(2,26-17)27-18(21)25/h5-9,16-17,25H,3-4,10-11H2,1-2H3. The summed E-state index contributed by atoms with van der Waals surface area (Å²) in [4.78, 5) is 0. The Balaban J connectivity index is 2.17. The van der Waals surface area contributed by atoms with Crippen LogP contribution in [0.4, 0.5) is 0 Å². The Morgan fingerprint density at radius 2 is 1.78 bits per heavy atom. The van der Waals surface area contributed by atoms with Gasteiger partial charge in [0.15, 0.2) is 10.8 Å². The summed E-state index contributed by atoms with van der Waals surface area (Å²) in [5.41, 5.74) is -2.52. The Hall–Kier alpha value is -2.88. The Bertz CT molecular complexity index is 849. The van der Waals surface area contributed by atoms with Gasteiger partial charge >= 0.3 is 0 Å². The molecular weight excluding hydrogens is 340 g/mol. The molecule has 2 aliphatic heterocycles. The predicted molar refractivity (Wildman–Crippen MR) is 97.0 cm³/mol. The fourth-order valence-corrected chi connectivity index (χ4v) is 4.51. The summed E-state index contributed by atoms with van der Waals surface area (Å²) in [6.07, 6.45) is 1.68.